The van der Waals surface area contributed by atoms with Crippen LogP contribution < -0.4 is 4.18 Å². The van der Waals surface area contributed by atoms with Crippen LogP contribution in [-0.4, -0.2) is 25.3 Å². The molecule has 0 fully saturated rings. The van der Waals surface area contributed by atoms with Crippen molar-refractivity contribution in [3.05, 3.63) is 82.3 Å². The Hall–Kier alpha value is -2.71. The third-order valence-electron chi connectivity index (χ3n) is 4.68. The van der Waals surface area contributed by atoms with Gasteiger partial charge in [-0.2, -0.15) is 8.42 Å². The van der Waals surface area contributed by atoms with Crippen molar-refractivity contribution in [1.29, 1.82) is 0 Å². The fourth-order valence-electron chi connectivity index (χ4n) is 2.86. The second kappa shape index (κ2) is 9.40. The summed E-state index contributed by atoms with van der Waals surface area (Å²) in [6, 6.07) is 14.7. The highest BCUT2D eigenvalue weighted by Crippen LogP contribution is 2.23. The summed E-state index contributed by atoms with van der Waals surface area (Å²) in [4.78, 5) is 15.2. The Balaban J connectivity index is 1.81. The number of halogens is 1. The maximum atomic E-state index is 13.1. The molecule has 0 bridgehead atoms. The lowest BCUT2D eigenvalue weighted by Crippen LogP contribution is -2.37. The van der Waals surface area contributed by atoms with Gasteiger partial charge in [-0.3, -0.25) is 4.79 Å². The number of nitrogens with zero attached hydrogens (tertiary/aromatic N) is 1. The Kier molecular flexibility index (Phi) is 6.89. The van der Waals surface area contributed by atoms with Crippen LogP contribution in [0.3, 0.4) is 0 Å². The molecule has 1 heterocycles. The van der Waals surface area contributed by atoms with E-state index in [2.05, 4.69) is 0 Å². The molecule has 5 nitrogen and oxygen atoms in total. The lowest BCUT2D eigenvalue weighted by molar-refractivity contribution is 0.0676. The maximum Gasteiger partial charge on any atom is 0.339 e. The standard InChI is InChI=1S/C22H22FNO4S2/c1-3-16(2)24(22(25)21-8-5-13-29-21)15-17-6-4-7-19(14-17)28-30(26,27)20-11-9-18(23)10-12-20/h4-14,16H,3,15H2,1-2H3/t16-/m1/s1. The van der Waals surface area contributed by atoms with E-state index in [1.54, 1.807) is 23.1 Å². The van der Waals surface area contributed by atoms with Crippen LogP contribution in [0.15, 0.2) is 70.9 Å². The van der Waals surface area contributed by atoms with E-state index >= 15 is 0 Å². The van der Waals surface area contributed by atoms with E-state index in [9.17, 15) is 17.6 Å². The van der Waals surface area contributed by atoms with Gasteiger partial charge in [0.2, 0.25) is 0 Å². The third kappa shape index (κ3) is 5.25. The molecule has 1 aromatic heterocycles. The Labute approximate surface area is 179 Å². The summed E-state index contributed by atoms with van der Waals surface area (Å²) in [5.41, 5.74) is 0.743. The molecule has 0 unspecified atom stereocenters. The number of rotatable bonds is 8. The molecule has 8 heteroatoms. The monoisotopic (exact) mass is 447 g/mol. The van der Waals surface area contributed by atoms with Crippen molar-refractivity contribution in [1.82, 2.24) is 4.90 Å². The van der Waals surface area contributed by atoms with Crippen molar-refractivity contribution < 1.29 is 21.8 Å². The number of carbonyl (C=O) groups excluding carboxylic acids is 1. The van der Waals surface area contributed by atoms with E-state index in [0.717, 1.165) is 36.2 Å². The largest absolute Gasteiger partial charge is 0.379 e. The SMILES string of the molecule is CC[C@@H](C)N(Cc1cccc(OS(=O)(=O)c2ccc(F)cc2)c1)C(=O)c1cccs1. The van der Waals surface area contributed by atoms with Gasteiger partial charge in [0.15, 0.2) is 0 Å². The van der Waals surface area contributed by atoms with Gasteiger partial charge in [-0.1, -0.05) is 25.1 Å². The summed E-state index contributed by atoms with van der Waals surface area (Å²) in [6.07, 6.45) is 0.784. The molecule has 2 aromatic carbocycles. The Morgan fingerprint density at radius 1 is 1.13 bits per heavy atom. The van der Waals surface area contributed by atoms with Crippen molar-refractivity contribution in [3.8, 4) is 5.75 Å². The minimum atomic E-state index is -4.09. The van der Waals surface area contributed by atoms with Gasteiger partial charge in [0.1, 0.15) is 16.5 Å². The Bertz CT molecular complexity index is 1100. The van der Waals surface area contributed by atoms with E-state index in [1.165, 1.54) is 17.4 Å². The van der Waals surface area contributed by atoms with Crippen molar-refractivity contribution in [2.45, 2.75) is 37.8 Å². The minimum absolute atomic E-state index is 0.00659. The molecule has 0 N–H and O–H groups in total. The van der Waals surface area contributed by atoms with Crippen LogP contribution in [-0.2, 0) is 16.7 Å². The van der Waals surface area contributed by atoms with E-state index in [-0.39, 0.29) is 22.6 Å². The number of benzene rings is 2. The first-order valence-corrected chi connectivity index (χ1v) is 11.7. The molecule has 0 aliphatic carbocycles. The zero-order valence-electron chi connectivity index (χ0n) is 16.6. The van der Waals surface area contributed by atoms with Gasteiger partial charge in [-0.25, -0.2) is 4.39 Å². The summed E-state index contributed by atoms with van der Waals surface area (Å²) >= 11 is 1.39. The molecule has 0 saturated carbocycles. The molecular weight excluding hydrogens is 425 g/mol. The molecular formula is C22H22FNO4S2. The second-order valence-electron chi connectivity index (χ2n) is 6.81. The van der Waals surface area contributed by atoms with Crippen LogP contribution in [0.1, 0.15) is 35.5 Å². The first-order valence-electron chi connectivity index (χ1n) is 9.43. The van der Waals surface area contributed by atoms with Crippen molar-refractivity contribution in [2.24, 2.45) is 0 Å². The van der Waals surface area contributed by atoms with Crippen molar-refractivity contribution in [2.75, 3.05) is 0 Å². The van der Waals surface area contributed by atoms with Gasteiger partial charge in [0.25, 0.3) is 5.91 Å². The number of hydrogen-bond donors (Lipinski definition) is 0. The molecule has 0 radical (unpaired) electrons. The molecule has 30 heavy (non-hydrogen) atoms. The fourth-order valence-corrected chi connectivity index (χ4v) is 4.46. The predicted octanol–water partition coefficient (Wildman–Crippen LogP) is 5.10. The highest BCUT2D eigenvalue weighted by Gasteiger charge is 2.22. The summed E-state index contributed by atoms with van der Waals surface area (Å²) in [7, 11) is -4.09. The summed E-state index contributed by atoms with van der Waals surface area (Å²) in [5.74, 6) is -0.467. The molecule has 0 aliphatic heterocycles. The predicted molar refractivity (Wildman–Crippen MR) is 115 cm³/mol. The molecule has 3 aromatic rings. The number of thiophene rings is 1. The topological polar surface area (TPSA) is 63.7 Å². The fraction of sp³-hybridized carbons (Fsp3) is 0.227. The minimum Gasteiger partial charge on any atom is -0.379 e. The molecule has 0 spiro atoms. The molecule has 1 atom stereocenters. The third-order valence-corrected chi connectivity index (χ3v) is 6.79. The van der Waals surface area contributed by atoms with Gasteiger partial charge in [-0.05, 0) is 66.8 Å². The van der Waals surface area contributed by atoms with Gasteiger partial charge in [0.05, 0.1) is 4.88 Å². The number of hydrogen-bond acceptors (Lipinski definition) is 5. The maximum absolute atomic E-state index is 13.1. The smallest absolute Gasteiger partial charge is 0.339 e. The highest BCUT2D eigenvalue weighted by atomic mass is 32.2. The van der Waals surface area contributed by atoms with Crippen molar-refractivity contribution >= 4 is 27.4 Å². The van der Waals surface area contributed by atoms with Crippen LogP contribution in [0.4, 0.5) is 4.39 Å². The first kappa shape index (κ1) is 22.0. The van der Waals surface area contributed by atoms with Crippen molar-refractivity contribution in [3.63, 3.8) is 0 Å². The van der Waals surface area contributed by atoms with Gasteiger partial charge >= 0.3 is 10.1 Å². The zero-order valence-corrected chi connectivity index (χ0v) is 18.3. The average molecular weight is 448 g/mol. The van der Waals surface area contributed by atoms with Gasteiger partial charge < -0.3 is 9.08 Å². The Morgan fingerprint density at radius 3 is 2.50 bits per heavy atom. The number of amides is 1. The van der Waals surface area contributed by atoms with Crippen LogP contribution in [0.2, 0.25) is 0 Å². The van der Waals surface area contributed by atoms with E-state index in [1.807, 2.05) is 31.4 Å². The molecule has 0 aliphatic rings. The lowest BCUT2D eigenvalue weighted by Gasteiger charge is -2.28. The van der Waals surface area contributed by atoms with E-state index < -0.39 is 15.9 Å². The zero-order chi connectivity index (χ0) is 21.7. The molecule has 0 saturated heterocycles. The quantitative estimate of drug-likeness (QED) is 0.451. The Morgan fingerprint density at radius 2 is 1.87 bits per heavy atom. The van der Waals surface area contributed by atoms with Crippen LogP contribution >= 0.6 is 11.3 Å². The normalized spacial score (nSPS) is 12.4. The van der Waals surface area contributed by atoms with Gasteiger partial charge in [0, 0.05) is 12.6 Å². The van der Waals surface area contributed by atoms with Crippen LogP contribution in [0, 0.1) is 5.82 Å². The average Bonchev–Trinajstić information content (AvgIpc) is 3.26. The highest BCUT2D eigenvalue weighted by molar-refractivity contribution is 7.87. The first-order chi connectivity index (χ1) is 14.3. The van der Waals surface area contributed by atoms with E-state index in [4.69, 9.17) is 4.18 Å². The summed E-state index contributed by atoms with van der Waals surface area (Å²) in [5, 5.41) is 1.86. The number of carbonyl (C=O) groups is 1. The lowest BCUT2D eigenvalue weighted by atomic mass is 10.1. The molecule has 158 valence electrons. The van der Waals surface area contributed by atoms with Gasteiger partial charge in [-0.15, -0.1) is 11.3 Å². The summed E-state index contributed by atoms with van der Waals surface area (Å²) < 4.78 is 43.2. The van der Waals surface area contributed by atoms with E-state index in [0.29, 0.717) is 11.4 Å². The second-order valence-corrected chi connectivity index (χ2v) is 9.30. The van der Waals surface area contributed by atoms with Crippen LogP contribution in [0.5, 0.6) is 5.75 Å². The van der Waals surface area contributed by atoms with Crippen LogP contribution in [0.25, 0.3) is 0 Å². The molecule has 3 rings (SSSR count). The summed E-state index contributed by atoms with van der Waals surface area (Å²) in [6.45, 7) is 4.30. The molecule has 1 amide bonds.